The number of anilines is 2. The van der Waals surface area contributed by atoms with Crippen LogP contribution in [0, 0.1) is 0 Å². The van der Waals surface area contributed by atoms with Crippen molar-refractivity contribution in [2.24, 2.45) is 0 Å². The Morgan fingerprint density at radius 1 is 1.09 bits per heavy atom. The number of hydrogen-bond donors (Lipinski definition) is 3. The minimum absolute atomic E-state index is 0.123. The van der Waals surface area contributed by atoms with E-state index in [1.54, 1.807) is 36.7 Å². The number of benzene rings is 2. The molecule has 166 valence electrons. The number of carboxylic acid groups (broad SMARTS) is 1. The molecule has 0 aliphatic rings. The first-order valence-electron chi connectivity index (χ1n) is 9.98. The Kier molecular flexibility index (Phi) is 4.76. The van der Waals surface area contributed by atoms with Crippen molar-refractivity contribution in [3.63, 3.8) is 0 Å². The lowest BCUT2D eigenvalue weighted by molar-refractivity contribution is 0.0697. The average Bonchev–Trinajstić information content (AvgIpc) is 3.19. The largest absolute Gasteiger partial charge is 0.478 e. The van der Waals surface area contributed by atoms with E-state index in [0.717, 1.165) is 26.0 Å². The molecule has 0 fully saturated rings. The van der Waals surface area contributed by atoms with Gasteiger partial charge in [-0.05, 0) is 36.4 Å². The maximum atomic E-state index is 12.6. The molecule has 0 unspecified atom stereocenters. The van der Waals surface area contributed by atoms with Crippen LogP contribution in [0.2, 0.25) is 0 Å². The predicted molar refractivity (Wildman–Crippen MR) is 126 cm³/mol. The molecule has 2 aromatic carbocycles. The van der Waals surface area contributed by atoms with E-state index in [1.807, 2.05) is 6.07 Å². The van der Waals surface area contributed by atoms with Crippen molar-refractivity contribution in [3.8, 4) is 0 Å². The number of aromatic amines is 1. The van der Waals surface area contributed by atoms with E-state index in [2.05, 4.69) is 20.3 Å². The van der Waals surface area contributed by atoms with Gasteiger partial charge in [-0.3, -0.25) is 4.98 Å². The highest BCUT2D eigenvalue weighted by Crippen LogP contribution is 2.36. The molecule has 0 bridgehead atoms. The van der Waals surface area contributed by atoms with Crippen LogP contribution in [0.4, 0.5) is 11.5 Å². The first-order valence-corrected chi connectivity index (χ1v) is 11.4. The summed E-state index contributed by atoms with van der Waals surface area (Å²) in [6.45, 7) is 0. The number of pyridine rings is 2. The Morgan fingerprint density at radius 3 is 2.67 bits per heavy atom. The predicted octanol–water partition coefficient (Wildman–Crippen LogP) is 3.96. The zero-order valence-electron chi connectivity index (χ0n) is 17.7. The highest BCUT2D eigenvalue weighted by Gasteiger charge is 2.19. The Labute approximate surface area is 188 Å². The number of nitrogens with one attached hydrogen (secondary N) is 2. The Balaban J connectivity index is 1.75. The molecule has 0 atom stereocenters. The third kappa shape index (κ3) is 3.45. The molecule has 0 aliphatic carbocycles. The SMILES string of the molecule is CN(C)S(=O)(=O)c1cccc(Nc2nc3cc(C(=O)O)ccc3c3c2[nH]c2ccncc23)c1. The third-order valence-electron chi connectivity index (χ3n) is 5.46. The van der Waals surface area contributed by atoms with E-state index in [-0.39, 0.29) is 10.5 Å². The molecule has 3 heterocycles. The summed E-state index contributed by atoms with van der Waals surface area (Å²) >= 11 is 0. The second kappa shape index (κ2) is 7.54. The van der Waals surface area contributed by atoms with Crippen molar-refractivity contribution in [2.45, 2.75) is 4.90 Å². The van der Waals surface area contributed by atoms with Crippen LogP contribution in [0.25, 0.3) is 32.7 Å². The molecule has 0 aliphatic heterocycles. The molecule has 5 rings (SSSR count). The quantitative estimate of drug-likeness (QED) is 0.361. The lowest BCUT2D eigenvalue weighted by Gasteiger charge is -2.14. The molecule has 0 saturated carbocycles. The van der Waals surface area contributed by atoms with E-state index in [1.165, 1.54) is 32.3 Å². The molecule has 0 radical (unpaired) electrons. The second-order valence-corrected chi connectivity index (χ2v) is 9.89. The fourth-order valence-electron chi connectivity index (χ4n) is 3.81. The van der Waals surface area contributed by atoms with Gasteiger partial charge in [-0.15, -0.1) is 0 Å². The van der Waals surface area contributed by atoms with E-state index in [0.29, 0.717) is 22.5 Å². The summed E-state index contributed by atoms with van der Waals surface area (Å²) in [5, 5.41) is 15.1. The molecule has 3 aromatic heterocycles. The fourth-order valence-corrected chi connectivity index (χ4v) is 4.76. The van der Waals surface area contributed by atoms with Crippen molar-refractivity contribution < 1.29 is 18.3 Å². The summed E-state index contributed by atoms with van der Waals surface area (Å²) < 4.78 is 26.3. The molecule has 5 aromatic rings. The standard InChI is InChI=1S/C23H19N5O4S/c1-28(2)33(31,32)15-5-3-4-14(11-15)25-22-21-20(17-12-24-9-8-18(17)26-21)16-7-6-13(23(29)30)10-19(16)27-22/h3-12,26H,1-2H3,(H,25,27)(H,29,30). The zero-order valence-corrected chi connectivity index (χ0v) is 18.5. The van der Waals surface area contributed by atoms with Gasteiger partial charge in [0.25, 0.3) is 0 Å². The third-order valence-corrected chi connectivity index (χ3v) is 7.27. The summed E-state index contributed by atoms with van der Waals surface area (Å²) in [6, 6.07) is 13.1. The number of nitrogens with zero attached hydrogens (tertiary/aromatic N) is 3. The van der Waals surface area contributed by atoms with Gasteiger partial charge >= 0.3 is 5.97 Å². The van der Waals surface area contributed by atoms with Crippen molar-refractivity contribution in [1.29, 1.82) is 0 Å². The molecule has 9 nitrogen and oxygen atoms in total. The van der Waals surface area contributed by atoms with Crippen LogP contribution < -0.4 is 5.32 Å². The molecular weight excluding hydrogens is 442 g/mol. The van der Waals surface area contributed by atoms with Crippen LogP contribution >= 0.6 is 0 Å². The molecule has 0 spiro atoms. The number of sulfonamides is 1. The number of rotatable bonds is 5. The maximum Gasteiger partial charge on any atom is 0.335 e. The number of hydrogen-bond acceptors (Lipinski definition) is 6. The number of H-pyrrole nitrogens is 1. The maximum absolute atomic E-state index is 12.6. The second-order valence-electron chi connectivity index (χ2n) is 7.73. The van der Waals surface area contributed by atoms with E-state index >= 15 is 0 Å². The number of aromatic nitrogens is 3. The lowest BCUT2D eigenvalue weighted by Crippen LogP contribution is -2.22. The number of fused-ring (bicyclic) bond motifs is 5. The molecule has 33 heavy (non-hydrogen) atoms. The van der Waals surface area contributed by atoms with E-state index in [4.69, 9.17) is 0 Å². The Morgan fingerprint density at radius 2 is 1.91 bits per heavy atom. The minimum Gasteiger partial charge on any atom is -0.478 e. The first kappa shape index (κ1) is 20.9. The summed E-state index contributed by atoms with van der Waals surface area (Å²) in [6.07, 6.45) is 3.42. The van der Waals surface area contributed by atoms with Crippen molar-refractivity contribution in [2.75, 3.05) is 19.4 Å². The van der Waals surface area contributed by atoms with Crippen LogP contribution in [0.1, 0.15) is 10.4 Å². The minimum atomic E-state index is -3.61. The Bertz CT molecular complexity index is 1680. The normalized spacial score (nSPS) is 12.1. The monoisotopic (exact) mass is 461 g/mol. The van der Waals surface area contributed by atoms with Crippen LogP contribution in [0.5, 0.6) is 0 Å². The highest BCUT2D eigenvalue weighted by molar-refractivity contribution is 7.89. The number of carboxylic acids is 1. The van der Waals surface area contributed by atoms with Gasteiger partial charge < -0.3 is 15.4 Å². The summed E-state index contributed by atoms with van der Waals surface area (Å²) in [4.78, 5) is 23.9. The molecule has 3 N–H and O–H groups in total. The average molecular weight is 462 g/mol. The topological polar surface area (TPSA) is 128 Å². The van der Waals surface area contributed by atoms with Crippen LogP contribution in [0.15, 0.2) is 65.8 Å². The van der Waals surface area contributed by atoms with Crippen molar-refractivity contribution >= 4 is 60.2 Å². The van der Waals surface area contributed by atoms with Crippen LogP contribution in [-0.4, -0.2) is 52.8 Å². The highest BCUT2D eigenvalue weighted by atomic mass is 32.2. The molecule has 0 amide bonds. The summed E-state index contributed by atoms with van der Waals surface area (Å²) in [5.41, 5.74) is 2.69. The number of carbonyl (C=O) groups is 1. The molecule has 0 saturated heterocycles. The van der Waals surface area contributed by atoms with Crippen LogP contribution in [-0.2, 0) is 10.0 Å². The van der Waals surface area contributed by atoms with E-state index < -0.39 is 16.0 Å². The fraction of sp³-hybridized carbons (Fsp3) is 0.0870. The van der Waals surface area contributed by atoms with Crippen molar-refractivity contribution in [1.82, 2.24) is 19.3 Å². The van der Waals surface area contributed by atoms with Gasteiger partial charge in [0.15, 0.2) is 5.82 Å². The summed E-state index contributed by atoms with van der Waals surface area (Å²) in [7, 11) is -0.664. The molecule has 10 heteroatoms. The van der Waals surface area contributed by atoms with Gasteiger partial charge in [0.2, 0.25) is 10.0 Å². The van der Waals surface area contributed by atoms with Crippen LogP contribution in [0.3, 0.4) is 0 Å². The van der Waals surface area contributed by atoms with Gasteiger partial charge in [-0.25, -0.2) is 22.5 Å². The van der Waals surface area contributed by atoms with Gasteiger partial charge in [0, 0.05) is 53.9 Å². The van der Waals surface area contributed by atoms with Gasteiger partial charge in [0.1, 0.15) is 0 Å². The lowest BCUT2D eigenvalue weighted by atomic mass is 10.1. The zero-order chi connectivity index (χ0) is 23.3. The van der Waals surface area contributed by atoms with Gasteiger partial charge in [-0.2, -0.15) is 0 Å². The first-order chi connectivity index (χ1) is 15.8. The summed E-state index contributed by atoms with van der Waals surface area (Å²) in [5.74, 6) is -0.605. The molecular formula is C23H19N5O4S. The van der Waals surface area contributed by atoms with Gasteiger partial charge in [-0.1, -0.05) is 12.1 Å². The Hall–Kier alpha value is -4.02. The van der Waals surface area contributed by atoms with Gasteiger partial charge in [0.05, 0.1) is 21.5 Å². The van der Waals surface area contributed by atoms with E-state index in [9.17, 15) is 18.3 Å². The smallest absolute Gasteiger partial charge is 0.335 e. The van der Waals surface area contributed by atoms with Crippen molar-refractivity contribution in [3.05, 3.63) is 66.5 Å². The number of aromatic carboxylic acids is 1.